The molecule has 1 fully saturated rings. The first-order valence-corrected chi connectivity index (χ1v) is 24.9. The van der Waals surface area contributed by atoms with Crippen LogP contribution in [0.4, 0.5) is 25.8 Å². The Hall–Kier alpha value is -8.05. The molecule has 0 radical (unpaired) electrons. The number of thioether (sulfide) groups is 1. The van der Waals surface area contributed by atoms with Crippen molar-refractivity contribution in [2.45, 2.75) is 56.7 Å². The number of amides is 3. The molecule has 5 aromatic carbocycles. The molecule has 17 heteroatoms. The Morgan fingerprint density at radius 1 is 0.611 bits per heavy atom. The van der Waals surface area contributed by atoms with Crippen LogP contribution < -0.4 is 25.0 Å². The standard InChI is InChI=1S/C55H47F2N9O5S/c1-33-46-50(64(58-33)38-18-10-7-11-19-38)71-51-47(34(2)59-65(51)39-20-12-8-13-21-39)54(46)41-30-36(56)24-26-43(41)61(52(54)69)28-16-5-6-17-29-62-44-27-25-37(57)31-42(44)55(53(62)70)63(45(67)32-72-55)48-35(3)60(4)66(49(48)68)40-22-14-9-15-23-40/h7-15,18-27,30-31H,5-6,16-17,28-29,32H2,1-4H3. The van der Waals surface area contributed by atoms with Gasteiger partial charge in [0.05, 0.1) is 56.7 Å². The van der Waals surface area contributed by atoms with Crippen LogP contribution in [0.2, 0.25) is 0 Å². The average Bonchev–Trinajstić information content (AvgIpc) is 4.18. The SMILES string of the molecule is Cc1nn(-c2ccccc2)c2c1C1(C(=O)N(CCCCCCN3C(=O)C4(SCC(=O)N4c4c(C)n(C)n(-c5ccccc5)c4=O)c4cc(F)ccc43)c3ccc(F)cc31)c1c(C)nn(-c3ccccc3)c1O2. The van der Waals surface area contributed by atoms with Gasteiger partial charge in [-0.1, -0.05) is 67.4 Å². The lowest BCUT2D eigenvalue weighted by molar-refractivity contribution is -0.123. The summed E-state index contributed by atoms with van der Waals surface area (Å²) in [6, 6.07) is 36.7. The normalized spacial score (nSPS) is 17.3. The van der Waals surface area contributed by atoms with Crippen LogP contribution in [0.3, 0.4) is 0 Å². The topological polar surface area (TPSA) is 133 Å². The quantitative estimate of drug-likeness (QED) is 0.117. The molecule has 0 bridgehead atoms. The molecule has 72 heavy (non-hydrogen) atoms. The number of anilines is 3. The van der Waals surface area contributed by atoms with E-state index in [-0.39, 0.29) is 23.9 Å². The summed E-state index contributed by atoms with van der Waals surface area (Å²) in [7, 11) is 1.72. The molecule has 7 heterocycles. The lowest BCUT2D eigenvalue weighted by atomic mass is 9.69. The van der Waals surface area contributed by atoms with E-state index in [2.05, 4.69) is 0 Å². The number of hydrogen-bond donors (Lipinski definition) is 0. The third kappa shape index (κ3) is 6.31. The Morgan fingerprint density at radius 2 is 1.10 bits per heavy atom. The van der Waals surface area contributed by atoms with Crippen LogP contribution in [0, 0.1) is 32.4 Å². The highest BCUT2D eigenvalue weighted by molar-refractivity contribution is 8.02. The van der Waals surface area contributed by atoms with Gasteiger partial charge in [-0.05, 0) is 106 Å². The summed E-state index contributed by atoms with van der Waals surface area (Å²) >= 11 is 1.10. The number of fused-ring (bicyclic) bond motifs is 8. The van der Waals surface area contributed by atoms with Gasteiger partial charge in [-0.2, -0.15) is 10.2 Å². The predicted molar refractivity (Wildman–Crippen MR) is 270 cm³/mol. The molecule has 0 aliphatic carbocycles. The van der Waals surface area contributed by atoms with E-state index in [1.165, 1.54) is 33.8 Å². The Labute approximate surface area is 416 Å². The molecular weight excluding hydrogens is 937 g/mol. The van der Waals surface area contributed by atoms with Gasteiger partial charge in [0.2, 0.25) is 28.4 Å². The number of halogens is 2. The first-order chi connectivity index (χ1) is 34.9. The largest absolute Gasteiger partial charge is 0.420 e. The molecule has 8 aromatic rings. The van der Waals surface area contributed by atoms with Gasteiger partial charge < -0.3 is 14.5 Å². The zero-order valence-corrected chi connectivity index (χ0v) is 40.6. The molecule has 12 rings (SSSR count). The van der Waals surface area contributed by atoms with Gasteiger partial charge in [0.15, 0.2) is 0 Å². The third-order valence-corrected chi connectivity index (χ3v) is 16.0. The zero-order valence-electron chi connectivity index (χ0n) is 39.8. The molecule has 4 aliphatic heterocycles. The van der Waals surface area contributed by atoms with E-state index in [4.69, 9.17) is 14.9 Å². The number of aromatic nitrogens is 6. The van der Waals surface area contributed by atoms with Crippen LogP contribution in [0.25, 0.3) is 17.1 Å². The van der Waals surface area contributed by atoms with Crippen molar-refractivity contribution in [1.82, 2.24) is 28.9 Å². The summed E-state index contributed by atoms with van der Waals surface area (Å²) in [5.41, 5.74) is 4.54. The van der Waals surface area contributed by atoms with E-state index in [0.29, 0.717) is 100 Å². The van der Waals surface area contributed by atoms with Gasteiger partial charge in [0, 0.05) is 37.0 Å². The Morgan fingerprint density at radius 3 is 1.64 bits per heavy atom. The maximum atomic E-state index is 15.8. The smallest absolute Gasteiger partial charge is 0.295 e. The second kappa shape index (κ2) is 16.8. The number of unbranched alkanes of at least 4 members (excludes halogenated alkanes) is 3. The summed E-state index contributed by atoms with van der Waals surface area (Å²) in [5, 5.41) is 9.94. The van der Waals surface area contributed by atoms with Crippen molar-refractivity contribution in [3.63, 3.8) is 0 Å². The van der Waals surface area contributed by atoms with Gasteiger partial charge in [0.1, 0.15) is 22.7 Å². The highest BCUT2D eigenvalue weighted by Gasteiger charge is 2.63. The molecule has 3 aromatic heterocycles. The van der Waals surface area contributed by atoms with Gasteiger partial charge in [-0.15, -0.1) is 11.8 Å². The molecule has 3 amide bonds. The van der Waals surface area contributed by atoms with E-state index < -0.39 is 39.3 Å². The Kier molecular flexibility index (Phi) is 10.5. The molecule has 2 spiro atoms. The molecule has 14 nitrogen and oxygen atoms in total. The highest BCUT2D eigenvalue weighted by atomic mass is 32.2. The first kappa shape index (κ1) is 45.1. The Balaban J connectivity index is 0.830. The summed E-state index contributed by atoms with van der Waals surface area (Å²) in [4.78, 5) is 62.1. The van der Waals surface area contributed by atoms with E-state index in [0.717, 1.165) is 23.1 Å². The fourth-order valence-electron chi connectivity index (χ4n) is 11.4. The van der Waals surface area contributed by atoms with Gasteiger partial charge in [0.25, 0.3) is 11.5 Å². The van der Waals surface area contributed by atoms with Crippen molar-refractivity contribution in [1.29, 1.82) is 0 Å². The molecule has 1 saturated heterocycles. The van der Waals surface area contributed by atoms with Crippen molar-refractivity contribution < 1.29 is 27.9 Å². The number of benzene rings is 5. The summed E-state index contributed by atoms with van der Waals surface area (Å²) < 4.78 is 44.4. The molecule has 0 N–H and O–H groups in total. The maximum absolute atomic E-state index is 15.8. The van der Waals surface area contributed by atoms with E-state index >= 15 is 13.6 Å². The second-order valence-electron chi connectivity index (χ2n) is 18.6. The van der Waals surface area contributed by atoms with Crippen molar-refractivity contribution in [3.05, 3.63) is 189 Å². The van der Waals surface area contributed by atoms with Gasteiger partial charge in [-0.3, -0.25) is 28.8 Å². The lowest BCUT2D eigenvalue weighted by Gasteiger charge is -2.34. The number of para-hydroxylation sites is 3. The van der Waals surface area contributed by atoms with Crippen molar-refractivity contribution in [2.75, 3.05) is 33.5 Å². The number of carbonyl (C=O) groups excluding carboxylic acids is 3. The van der Waals surface area contributed by atoms with Crippen LogP contribution in [0.1, 0.15) is 65.0 Å². The molecule has 1 atom stereocenters. The van der Waals surface area contributed by atoms with Crippen LogP contribution in [0.5, 0.6) is 11.8 Å². The molecule has 1 unspecified atom stereocenters. The molecule has 0 saturated carbocycles. The Bertz CT molecular complexity index is 3520. The fraction of sp³-hybridized carbons (Fsp3) is 0.236. The lowest BCUT2D eigenvalue weighted by Crippen LogP contribution is -2.51. The fourth-order valence-corrected chi connectivity index (χ4v) is 12.7. The van der Waals surface area contributed by atoms with Crippen molar-refractivity contribution in [3.8, 4) is 28.8 Å². The predicted octanol–water partition coefficient (Wildman–Crippen LogP) is 9.08. The summed E-state index contributed by atoms with van der Waals surface area (Å²) in [6.45, 7) is 5.98. The third-order valence-electron chi connectivity index (χ3n) is 14.6. The number of aryl methyl sites for hydroxylation is 2. The number of nitrogens with zero attached hydrogens (tertiary/aromatic N) is 9. The van der Waals surface area contributed by atoms with Crippen LogP contribution in [-0.2, 0) is 31.7 Å². The highest BCUT2D eigenvalue weighted by Crippen LogP contribution is 2.61. The van der Waals surface area contributed by atoms with Crippen LogP contribution in [-0.4, -0.2) is 65.5 Å². The summed E-state index contributed by atoms with van der Waals surface area (Å²) in [5.74, 6) is -1.58. The van der Waals surface area contributed by atoms with Crippen LogP contribution in [0.15, 0.2) is 132 Å². The van der Waals surface area contributed by atoms with E-state index in [9.17, 15) is 14.4 Å². The first-order valence-electron chi connectivity index (χ1n) is 23.9. The number of carbonyl (C=O) groups is 3. The molecular formula is C55H47F2N9O5S. The molecule has 362 valence electrons. The van der Waals surface area contributed by atoms with Crippen LogP contribution >= 0.6 is 11.8 Å². The number of hydrogen-bond acceptors (Lipinski definition) is 8. The second-order valence-corrected chi connectivity index (χ2v) is 19.8. The van der Waals surface area contributed by atoms with Crippen molar-refractivity contribution in [2.24, 2.45) is 7.05 Å². The summed E-state index contributed by atoms with van der Waals surface area (Å²) in [6.07, 6.45) is 2.42. The number of rotatable bonds is 11. The maximum Gasteiger partial charge on any atom is 0.295 e. The number of ether oxygens (including phenoxy) is 1. The average molecular weight is 984 g/mol. The van der Waals surface area contributed by atoms with Gasteiger partial charge in [-0.25, -0.2) is 22.8 Å². The minimum Gasteiger partial charge on any atom is -0.420 e. The molecule has 4 aliphatic rings. The minimum atomic E-state index is -1.69. The minimum absolute atomic E-state index is 0.0675. The van der Waals surface area contributed by atoms with E-state index in [1.807, 2.05) is 92.7 Å². The zero-order chi connectivity index (χ0) is 49.8. The van der Waals surface area contributed by atoms with E-state index in [1.54, 1.807) is 62.1 Å². The monoisotopic (exact) mass is 983 g/mol. The van der Waals surface area contributed by atoms with Crippen molar-refractivity contribution >= 4 is 46.5 Å². The van der Waals surface area contributed by atoms with Gasteiger partial charge >= 0.3 is 0 Å².